The summed E-state index contributed by atoms with van der Waals surface area (Å²) in [5, 5.41) is 7.97. The van der Waals surface area contributed by atoms with Crippen LogP contribution < -0.4 is 15.4 Å². The minimum absolute atomic E-state index is 0.0122. The Bertz CT molecular complexity index is 601. The second-order valence-electron chi connectivity index (χ2n) is 4.89. The van der Waals surface area contributed by atoms with Gasteiger partial charge in [-0.15, -0.1) is 11.3 Å². The second kappa shape index (κ2) is 7.77. The largest absolute Gasteiger partial charge is 0.496 e. The van der Waals surface area contributed by atoms with E-state index in [1.807, 2.05) is 48.6 Å². The molecule has 1 heterocycles. The van der Waals surface area contributed by atoms with E-state index in [2.05, 4.69) is 15.6 Å². The number of hydrogen-bond acceptors (Lipinski definition) is 5. The number of rotatable bonds is 6. The topological polar surface area (TPSA) is 66.5 Å². The Morgan fingerprint density at radius 3 is 2.82 bits per heavy atom. The van der Waals surface area contributed by atoms with E-state index >= 15 is 0 Å². The molecule has 22 heavy (non-hydrogen) atoms. The molecule has 6 nitrogen and oxygen atoms in total. The highest BCUT2D eigenvalue weighted by molar-refractivity contribution is 7.13. The molecular weight excluding hydrogens is 300 g/mol. The van der Waals surface area contributed by atoms with Gasteiger partial charge in [-0.25, -0.2) is 9.78 Å². The predicted molar refractivity (Wildman–Crippen MR) is 88.6 cm³/mol. The molecule has 1 aromatic carbocycles. The molecule has 118 valence electrons. The minimum Gasteiger partial charge on any atom is -0.496 e. The molecule has 1 aromatic heterocycles. The van der Waals surface area contributed by atoms with Gasteiger partial charge in [-0.3, -0.25) is 5.32 Å². The van der Waals surface area contributed by atoms with E-state index in [1.54, 1.807) is 13.3 Å². The number of thiazole rings is 1. The lowest BCUT2D eigenvalue weighted by atomic mass is 10.0. The molecule has 0 aliphatic rings. The first-order valence-corrected chi connectivity index (χ1v) is 7.73. The van der Waals surface area contributed by atoms with E-state index in [4.69, 9.17) is 4.74 Å². The zero-order valence-corrected chi connectivity index (χ0v) is 13.7. The molecule has 2 N–H and O–H groups in total. The lowest BCUT2D eigenvalue weighted by Crippen LogP contribution is -2.37. The van der Waals surface area contributed by atoms with Crippen molar-refractivity contribution in [1.29, 1.82) is 0 Å². The van der Waals surface area contributed by atoms with Gasteiger partial charge in [0.1, 0.15) is 5.75 Å². The molecule has 0 spiro atoms. The van der Waals surface area contributed by atoms with E-state index in [1.165, 1.54) is 11.3 Å². The van der Waals surface area contributed by atoms with Crippen LogP contribution in [-0.4, -0.2) is 43.7 Å². The van der Waals surface area contributed by atoms with E-state index in [-0.39, 0.29) is 12.1 Å². The molecule has 0 saturated heterocycles. The molecule has 0 aliphatic carbocycles. The first-order chi connectivity index (χ1) is 10.6. The fraction of sp³-hybridized carbons (Fsp3) is 0.333. The van der Waals surface area contributed by atoms with Crippen LogP contribution >= 0.6 is 11.3 Å². The molecule has 0 unspecified atom stereocenters. The van der Waals surface area contributed by atoms with Crippen molar-refractivity contribution in [1.82, 2.24) is 15.2 Å². The van der Waals surface area contributed by atoms with E-state index in [0.717, 1.165) is 11.3 Å². The lowest BCUT2D eigenvalue weighted by Gasteiger charge is -2.26. The summed E-state index contributed by atoms with van der Waals surface area (Å²) >= 11 is 1.38. The van der Waals surface area contributed by atoms with Gasteiger partial charge in [0.05, 0.1) is 13.2 Å². The monoisotopic (exact) mass is 320 g/mol. The maximum absolute atomic E-state index is 11.9. The number of anilines is 1. The van der Waals surface area contributed by atoms with Crippen LogP contribution in [0.2, 0.25) is 0 Å². The number of carbonyl (C=O) groups excluding carboxylic acids is 1. The van der Waals surface area contributed by atoms with Crippen LogP contribution in [-0.2, 0) is 0 Å². The molecule has 0 saturated carbocycles. The van der Waals surface area contributed by atoms with E-state index in [9.17, 15) is 4.79 Å². The average molecular weight is 320 g/mol. The molecule has 1 atom stereocenters. The number of methoxy groups -OCH3 is 1. The summed E-state index contributed by atoms with van der Waals surface area (Å²) in [6.07, 6.45) is 1.65. The number of hydrogen-bond donors (Lipinski definition) is 2. The second-order valence-corrected chi connectivity index (χ2v) is 5.79. The van der Waals surface area contributed by atoms with E-state index in [0.29, 0.717) is 11.7 Å². The molecule has 2 amide bonds. The van der Waals surface area contributed by atoms with Crippen LogP contribution in [0.4, 0.5) is 9.93 Å². The third-order valence-electron chi connectivity index (χ3n) is 3.23. The Labute approximate surface area is 134 Å². The van der Waals surface area contributed by atoms with Crippen LogP contribution in [0.15, 0.2) is 35.8 Å². The Balaban J connectivity index is 2.01. The lowest BCUT2D eigenvalue weighted by molar-refractivity contribution is 0.242. The Kier molecular flexibility index (Phi) is 5.74. The van der Waals surface area contributed by atoms with Gasteiger partial charge in [-0.05, 0) is 20.2 Å². The molecular formula is C15H20N4O2S. The number of likely N-dealkylation sites (N-methyl/N-ethyl adjacent to an activating group) is 1. The Hall–Kier alpha value is -2.12. The van der Waals surface area contributed by atoms with Crippen molar-refractivity contribution >= 4 is 22.5 Å². The van der Waals surface area contributed by atoms with Crippen molar-refractivity contribution in [3.8, 4) is 5.75 Å². The number of para-hydroxylation sites is 1. The van der Waals surface area contributed by atoms with Gasteiger partial charge in [0, 0.05) is 23.7 Å². The summed E-state index contributed by atoms with van der Waals surface area (Å²) in [6.45, 7) is 0.463. The minimum atomic E-state index is -0.267. The van der Waals surface area contributed by atoms with Gasteiger partial charge in [0.25, 0.3) is 0 Å². The predicted octanol–water partition coefficient (Wildman–Crippen LogP) is 2.58. The fourth-order valence-corrected chi connectivity index (χ4v) is 2.65. The molecule has 0 fully saturated rings. The molecule has 7 heteroatoms. The third-order valence-corrected chi connectivity index (χ3v) is 3.92. The van der Waals surface area contributed by atoms with Crippen molar-refractivity contribution in [2.75, 3.05) is 33.1 Å². The summed E-state index contributed by atoms with van der Waals surface area (Å²) in [7, 11) is 5.59. The average Bonchev–Trinajstić information content (AvgIpc) is 3.00. The number of urea groups is 1. The summed E-state index contributed by atoms with van der Waals surface area (Å²) in [4.78, 5) is 18.0. The Morgan fingerprint density at radius 1 is 1.41 bits per heavy atom. The number of amides is 2. The van der Waals surface area contributed by atoms with Crippen LogP contribution in [0, 0.1) is 0 Å². The van der Waals surface area contributed by atoms with Gasteiger partial charge in [-0.1, -0.05) is 18.2 Å². The van der Waals surface area contributed by atoms with E-state index < -0.39 is 0 Å². The summed E-state index contributed by atoms with van der Waals surface area (Å²) in [5.41, 5.74) is 1.03. The zero-order valence-electron chi connectivity index (χ0n) is 12.9. The number of aromatic nitrogens is 1. The van der Waals surface area contributed by atoms with Gasteiger partial charge in [0.2, 0.25) is 0 Å². The zero-order chi connectivity index (χ0) is 15.9. The van der Waals surface area contributed by atoms with Crippen molar-refractivity contribution < 1.29 is 9.53 Å². The quantitative estimate of drug-likeness (QED) is 0.858. The standard InChI is InChI=1S/C15H20N4O2S/c1-19(2)12(11-6-4-5-7-13(11)21-3)10-17-14(20)18-15-16-8-9-22-15/h4-9,12H,10H2,1-3H3,(H2,16,17,18,20)/t12-/m1/s1. The number of carbonyl (C=O) groups is 1. The molecule has 0 radical (unpaired) electrons. The smallest absolute Gasteiger partial charge is 0.321 e. The van der Waals surface area contributed by atoms with Gasteiger partial charge in [-0.2, -0.15) is 0 Å². The van der Waals surface area contributed by atoms with Crippen molar-refractivity contribution in [3.05, 3.63) is 41.4 Å². The first kappa shape index (κ1) is 16.3. The maximum atomic E-state index is 11.9. The summed E-state index contributed by atoms with van der Waals surface area (Å²) in [5.74, 6) is 0.809. The number of nitrogens with zero attached hydrogens (tertiary/aromatic N) is 2. The van der Waals surface area contributed by atoms with Gasteiger partial charge >= 0.3 is 6.03 Å². The van der Waals surface area contributed by atoms with Gasteiger partial charge in [0.15, 0.2) is 5.13 Å². The Morgan fingerprint density at radius 2 is 2.18 bits per heavy atom. The van der Waals surface area contributed by atoms with Crippen molar-refractivity contribution in [2.45, 2.75) is 6.04 Å². The first-order valence-electron chi connectivity index (χ1n) is 6.85. The number of benzene rings is 1. The summed E-state index contributed by atoms with van der Waals surface area (Å²) < 4.78 is 5.41. The SMILES string of the molecule is COc1ccccc1[C@@H](CNC(=O)Nc1nccs1)N(C)C. The molecule has 2 aromatic rings. The molecule has 0 bridgehead atoms. The molecule has 0 aliphatic heterocycles. The highest BCUT2D eigenvalue weighted by atomic mass is 32.1. The normalized spacial score (nSPS) is 12.0. The van der Waals surface area contributed by atoms with Crippen LogP contribution in [0.25, 0.3) is 0 Å². The van der Waals surface area contributed by atoms with Crippen molar-refractivity contribution in [2.24, 2.45) is 0 Å². The maximum Gasteiger partial charge on any atom is 0.321 e. The van der Waals surface area contributed by atoms with Crippen LogP contribution in [0.1, 0.15) is 11.6 Å². The number of nitrogens with one attached hydrogen (secondary N) is 2. The van der Waals surface area contributed by atoms with Crippen LogP contribution in [0.3, 0.4) is 0 Å². The number of ether oxygens (including phenoxy) is 1. The highest BCUT2D eigenvalue weighted by Gasteiger charge is 2.19. The van der Waals surface area contributed by atoms with Crippen LogP contribution in [0.5, 0.6) is 5.75 Å². The summed E-state index contributed by atoms with van der Waals surface area (Å²) in [6, 6.07) is 7.56. The molecule has 2 rings (SSSR count). The third kappa shape index (κ3) is 4.19. The van der Waals surface area contributed by atoms with Gasteiger partial charge < -0.3 is 15.0 Å². The fourth-order valence-electron chi connectivity index (χ4n) is 2.13. The van der Waals surface area contributed by atoms with Crippen molar-refractivity contribution in [3.63, 3.8) is 0 Å². The highest BCUT2D eigenvalue weighted by Crippen LogP contribution is 2.27.